The summed E-state index contributed by atoms with van der Waals surface area (Å²) in [5.74, 6) is -1.07. The van der Waals surface area contributed by atoms with Gasteiger partial charge in [0.2, 0.25) is 5.91 Å². The van der Waals surface area contributed by atoms with Gasteiger partial charge in [-0.25, -0.2) is 4.79 Å². The monoisotopic (exact) mass is 324 g/mol. The number of nitrogens with zero attached hydrogens (tertiary/aromatic N) is 1. The Morgan fingerprint density at radius 2 is 1.67 bits per heavy atom. The van der Waals surface area contributed by atoms with Crippen molar-refractivity contribution >= 4 is 23.3 Å². The van der Waals surface area contributed by atoms with Gasteiger partial charge in [0.15, 0.2) is 0 Å². The molecule has 1 aliphatic heterocycles. The first kappa shape index (κ1) is 16.1. The molecule has 2 aromatic carbocycles. The van der Waals surface area contributed by atoms with E-state index in [9.17, 15) is 9.59 Å². The van der Waals surface area contributed by atoms with Crippen LogP contribution in [-0.2, 0) is 11.2 Å². The Morgan fingerprint density at radius 1 is 1.00 bits per heavy atom. The Balaban J connectivity index is 1.67. The van der Waals surface area contributed by atoms with Crippen molar-refractivity contribution in [1.82, 2.24) is 0 Å². The molecule has 1 fully saturated rings. The number of rotatable bonds is 5. The minimum absolute atomic E-state index is 0.107. The smallest absolute Gasteiger partial charge is 0.335 e. The van der Waals surface area contributed by atoms with E-state index in [4.69, 9.17) is 5.11 Å². The van der Waals surface area contributed by atoms with Gasteiger partial charge in [0.1, 0.15) is 0 Å². The largest absolute Gasteiger partial charge is 0.478 e. The summed E-state index contributed by atoms with van der Waals surface area (Å²) in [4.78, 5) is 25.5. The second kappa shape index (κ2) is 7.17. The van der Waals surface area contributed by atoms with E-state index >= 15 is 0 Å². The molecule has 1 saturated heterocycles. The molecular weight excluding hydrogens is 304 g/mol. The number of nitrogens with one attached hydrogen (secondary N) is 1. The number of carbonyl (C=O) groups excluding carboxylic acids is 1. The minimum atomic E-state index is -0.967. The van der Waals surface area contributed by atoms with Gasteiger partial charge in [-0.1, -0.05) is 24.3 Å². The Kier molecular flexibility index (Phi) is 4.79. The summed E-state index contributed by atoms with van der Waals surface area (Å²) < 4.78 is 0. The zero-order valence-corrected chi connectivity index (χ0v) is 13.4. The fourth-order valence-electron chi connectivity index (χ4n) is 2.96. The van der Waals surface area contributed by atoms with Crippen molar-refractivity contribution in [1.29, 1.82) is 0 Å². The van der Waals surface area contributed by atoms with Crippen molar-refractivity contribution in [3.63, 3.8) is 0 Å². The zero-order chi connectivity index (χ0) is 16.9. The standard InChI is InChI=1S/C19H20N2O3/c22-18(13-14-7-9-15(10-8-14)19(23)24)20-16-5-1-2-6-17(16)21-11-3-4-12-21/h1-2,5-10H,3-4,11-13H2,(H,20,22)(H,23,24). The predicted molar refractivity (Wildman–Crippen MR) is 93.6 cm³/mol. The summed E-state index contributed by atoms with van der Waals surface area (Å²) in [6.45, 7) is 2.03. The van der Waals surface area contributed by atoms with Gasteiger partial charge in [-0.2, -0.15) is 0 Å². The Labute approximate surface area is 140 Å². The lowest BCUT2D eigenvalue weighted by Gasteiger charge is -2.21. The summed E-state index contributed by atoms with van der Waals surface area (Å²) in [7, 11) is 0. The molecule has 5 heteroatoms. The number of carboxylic acid groups (broad SMARTS) is 1. The lowest BCUT2D eigenvalue weighted by molar-refractivity contribution is -0.115. The molecule has 2 aromatic rings. The molecule has 0 unspecified atom stereocenters. The van der Waals surface area contributed by atoms with Crippen LogP contribution in [-0.4, -0.2) is 30.1 Å². The van der Waals surface area contributed by atoms with Crippen LogP contribution in [0.25, 0.3) is 0 Å². The first-order valence-electron chi connectivity index (χ1n) is 8.09. The first-order valence-corrected chi connectivity index (χ1v) is 8.09. The number of carboxylic acids is 1. The van der Waals surface area contributed by atoms with Gasteiger partial charge < -0.3 is 15.3 Å². The molecule has 1 amide bonds. The van der Waals surface area contributed by atoms with Crippen molar-refractivity contribution < 1.29 is 14.7 Å². The van der Waals surface area contributed by atoms with Crippen LogP contribution < -0.4 is 10.2 Å². The summed E-state index contributed by atoms with van der Waals surface area (Å²) in [5, 5.41) is 11.9. The molecule has 124 valence electrons. The van der Waals surface area contributed by atoms with E-state index in [-0.39, 0.29) is 17.9 Å². The maximum Gasteiger partial charge on any atom is 0.335 e. The van der Waals surface area contributed by atoms with Gasteiger partial charge >= 0.3 is 5.97 Å². The second-order valence-electron chi connectivity index (χ2n) is 5.94. The van der Waals surface area contributed by atoms with Crippen molar-refractivity contribution in [2.75, 3.05) is 23.3 Å². The van der Waals surface area contributed by atoms with Crippen LogP contribution in [0.3, 0.4) is 0 Å². The molecule has 0 saturated carbocycles. The quantitative estimate of drug-likeness (QED) is 0.886. The third-order valence-corrected chi connectivity index (χ3v) is 4.19. The van der Waals surface area contributed by atoms with E-state index in [2.05, 4.69) is 10.2 Å². The number of amides is 1. The van der Waals surface area contributed by atoms with Crippen LogP contribution >= 0.6 is 0 Å². The molecule has 0 bridgehead atoms. The van der Waals surface area contributed by atoms with Crippen LogP contribution in [0.1, 0.15) is 28.8 Å². The molecular formula is C19H20N2O3. The van der Waals surface area contributed by atoms with E-state index < -0.39 is 5.97 Å². The van der Waals surface area contributed by atoms with Crippen LogP contribution in [0.5, 0.6) is 0 Å². The minimum Gasteiger partial charge on any atom is -0.478 e. The SMILES string of the molecule is O=C(Cc1ccc(C(=O)O)cc1)Nc1ccccc1N1CCCC1. The summed E-state index contributed by atoms with van der Waals surface area (Å²) in [6, 6.07) is 14.2. The van der Waals surface area contributed by atoms with Crippen LogP contribution in [0.4, 0.5) is 11.4 Å². The molecule has 1 heterocycles. The van der Waals surface area contributed by atoms with Gasteiger partial charge in [-0.05, 0) is 42.7 Å². The van der Waals surface area contributed by atoms with Gasteiger partial charge in [-0.15, -0.1) is 0 Å². The summed E-state index contributed by atoms with van der Waals surface area (Å²) in [6.07, 6.45) is 2.57. The van der Waals surface area contributed by atoms with E-state index in [0.29, 0.717) is 0 Å². The molecule has 0 atom stereocenters. The second-order valence-corrected chi connectivity index (χ2v) is 5.94. The summed E-state index contributed by atoms with van der Waals surface area (Å²) in [5.41, 5.74) is 2.89. The predicted octanol–water partition coefficient (Wildman–Crippen LogP) is 3.17. The lowest BCUT2D eigenvalue weighted by atomic mass is 10.1. The van der Waals surface area contributed by atoms with Gasteiger partial charge in [0.25, 0.3) is 0 Å². The molecule has 3 rings (SSSR count). The maximum atomic E-state index is 12.3. The van der Waals surface area contributed by atoms with E-state index in [1.54, 1.807) is 12.1 Å². The highest BCUT2D eigenvalue weighted by atomic mass is 16.4. The maximum absolute atomic E-state index is 12.3. The van der Waals surface area contributed by atoms with E-state index in [1.807, 2.05) is 24.3 Å². The average molecular weight is 324 g/mol. The number of aromatic carboxylic acids is 1. The fourth-order valence-corrected chi connectivity index (χ4v) is 2.96. The highest BCUT2D eigenvalue weighted by Crippen LogP contribution is 2.28. The van der Waals surface area contributed by atoms with Gasteiger partial charge in [-0.3, -0.25) is 4.79 Å². The molecule has 5 nitrogen and oxygen atoms in total. The van der Waals surface area contributed by atoms with Gasteiger partial charge in [0.05, 0.1) is 23.4 Å². The Bertz CT molecular complexity index is 735. The van der Waals surface area contributed by atoms with Gasteiger partial charge in [0, 0.05) is 13.1 Å². The van der Waals surface area contributed by atoms with E-state index in [0.717, 1.165) is 30.0 Å². The normalized spacial score (nSPS) is 13.8. The van der Waals surface area contributed by atoms with Crippen molar-refractivity contribution in [3.8, 4) is 0 Å². The average Bonchev–Trinajstić information content (AvgIpc) is 3.10. The molecule has 0 radical (unpaired) electrons. The number of hydrogen-bond donors (Lipinski definition) is 2. The molecule has 0 spiro atoms. The molecule has 1 aliphatic rings. The van der Waals surface area contributed by atoms with Crippen LogP contribution in [0, 0.1) is 0 Å². The Hall–Kier alpha value is -2.82. The molecule has 24 heavy (non-hydrogen) atoms. The van der Waals surface area contributed by atoms with Crippen LogP contribution in [0.15, 0.2) is 48.5 Å². The highest BCUT2D eigenvalue weighted by molar-refractivity contribution is 5.95. The molecule has 0 aliphatic carbocycles. The van der Waals surface area contributed by atoms with E-state index in [1.165, 1.54) is 25.0 Å². The van der Waals surface area contributed by atoms with Crippen molar-refractivity contribution in [3.05, 3.63) is 59.7 Å². The molecule has 2 N–H and O–H groups in total. The Morgan fingerprint density at radius 3 is 2.33 bits per heavy atom. The zero-order valence-electron chi connectivity index (χ0n) is 13.4. The number of benzene rings is 2. The van der Waals surface area contributed by atoms with Crippen molar-refractivity contribution in [2.24, 2.45) is 0 Å². The number of anilines is 2. The fraction of sp³-hybridized carbons (Fsp3) is 0.263. The highest BCUT2D eigenvalue weighted by Gasteiger charge is 2.16. The van der Waals surface area contributed by atoms with Crippen LogP contribution in [0.2, 0.25) is 0 Å². The molecule has 0 aromatic heterocycles. The topological polar surface area (TPSA) is 69.6 Å². The van der Waals surface area contributed by atoms with Crippen molar-refractivity contribution in [2.45, 2.75) is 19.3 Å². The third-order valence-electron chi connectivity index (χ3n) is 4.19. The number of para-hydroxylation sites is 2. The summed E-state index contributed by atoms with van der Waals surface area (Å²) >= 11 is 0. The number of hydrogen-bond acceptors (Lipinski definition) is 3. The third kappa shape index (κ3) is 3.74. The first-order chi connectivity index (χ1) is 11.6. The number of carbonyl (C=O) groups is 2. The lowest BCUT2D eigenvalue weighted by Crippen LogP contribution is -2.21.